The van der Waals surface area contributed by atoms with Crippen molar-refractivity contribution in [1.82, 2.24) is 10.6 Å². The first-order valence-corrected chi connectivity index (χ1v) is 8.69. The van der Waals surface area contributed by atoms with Crippen LogP contribution in [0.25, 0.3) is 0 Å². The van der Waals surface area contributed by atoms with E-state index in [2.05, 4.69) is 34.9 Å². The van der Waals surface area contributed by atoms with Gasteiger partial charge in [0, 0.05) is 24.1 Å². The lowest BCUT2D eigenvalue weighted by Gasteiger charge is -2.20. The molecule has 0 spiro atoms. The summed E-state index contributed by atoms with van der Waals surface area (Å²) in [6, 6.07) is 20.6. The molecular formula is C18H21ClN2OS. The fourth-order valence-corrected chi connectivity index (χ4v) is 3.63. The van der Waals surface area contributed by atoms with Gasteiger partial charge in [-0.1, -0.05) is 60.7 Å². The van der Waals surface area contributed by atoms with Crippen molar-refractivity contribution in [3.63, 3.8) is 0 Å². The number of nitrogens with one attached hydrogen (secondary N) is 2. The van der Waals surface area contributed by atoms with Gasteiger partial charge in [0.1, 0.15) is 0 Å². The predicted molar refractivity (Wildman–Crippen MR) is 99.2 cm³/mol. The Morgan fingerprint density at radius 2 is 1.65 bits per heavy atom. The van der Waals surface area contributed by atoms with Crippen LogP contribution < -0.4 is 10.6 Å². The molecular weight excluding hydrogens is 328 g/mol. The summed E-state index contributed by atoms with van der Waals surface area (Å²) in [4.78, 5) is 12.2. The Bertz CT molecular complexity index is 563. The minimum absolute atomic E-state index is 0. The molecule has 23 heavy (non-hydrogen) atoms. The van der Waals surface area contributed by atoms with Crippen molar-refractivity contribution < 1.29 is 4.79 Å². The minimum atomic E-state index is -0.0582. The summed E-state index contributed by atoms with van der Waals surface area (Å²) in [5, 5.41) is 6.32. The molecule has 0 unspecified atom stereocenters. The van der Waals surface area contributed by atoms with Crippen LogP contribution in [0.2, 0.25) is 0 Å². The molecule has 0 bridgehead atoms. The summed E-state index contributed by atoms with van der Waals surface area (Å²) in [5.74, 6) is 1.99. The maximum atomic E-state index is 12.2. The van der Waals surface area contributed by atoms with Gasteiger partial charge >= 0.3 is 0 Å². The molecule has 1 atom stereocenters. The molecule has 1 amide bonds. The number of halogens is 1. The maximum absolute atomic E-state index is 12.2. The van der Waals surface area contributed by atoms with Crippen LogP contribution in [-0.2, 0) is 4.79 Å². The summed E-state index contributed by atoms with van der Waals surface area (Å²) < 4.78 is 0. The Balaban J connectivity index is 0.00000192. The molecule has 2 aromatic rings. The largest absolute Gasteiger partial charge is 0.354 e. The molecule has 0 saturated carbocycles. The smallest absolute Gasteiger partial charge is 0.238 e. The Hall–Kier alpha value is -1.49. The monoisotopic (exact) mass is 348 g/mol. The van der Waals surface area contributed by atoms with Crippen molar-refractivity contribution in [1.29, 1.82) is 0 Å². The number of hydrogen-bond donors (Lipinski definition) is 2. The van der Waals surface area contributed by atoms with Crippen LogP contribution >= 0.6 is 24.2 Å². The van der Waals surface area contributed by atoms with Crippen LogP contribution in [0.3, 0.4) is 0 Å². The highest BCUT2D eigenvalue weighted by Crippen LogP contribution is 2.23. The predicted octanol–water partition coefficient (Wildman–Crippen LogP) is 3.02. The second-order valence-electron chi connectivity index (χ2n) is 5.39. The van der Waals surface area contributed by atoms with Gasteiger partial charge < -0.3 is 5.32 Å². The number of hydrogen-bond acceptors (Lipinski definition) is 3. The van der Waals surface area contributed by atoms with Gasteiger partial charge in [-0.05, 0) is 11.1 Å². The molecule has 2 aromatic carbocycles. The molecule has 122 valence electrons. The zero-order chi connectivity index (χ0) is 15.2. The van der Waals surface area contributed by atoms with Gasteiger partial charge in [0.15, 0.2) is 0 Å². The van der Waals surface area contributed by atoms with E-state index < -0.39 is 0 Å². The highest BCUT2D eigenvalue weighted by atomic mass is 35.5. The summed E-state index contributed by atoms with van der Waals surface area (Å²) in [7, 11) is 0. The van der Waals surface area contributed by atoms with Gasteiger partial charge in [-0.25, -0.2) is 0 Å². The highest BCUT2D eigenvalue weighted by molar-refractivity contribution is 7.99. The second-order valence-corrected chi connectivity index (χ2v) is 6.42. The summed E-state index contributed by atoms with van der Waals surface area (Å²) in [6.07, 6.45) is 0. The van der Waals surface area contributed by atoms with Crippen molar-refractivity contribution in [3.8, 4) is 0 Å². The van der Waals surface area contributed by atoms with Crippen molar-refractivity contribution >= 4 is 30.1 Å². The molecule has 0 aromatic heterocycles. The van der Waals surface area contributed by atoms with E-state index in [9.17, 15) is 4.79 Å². The number of amides is 1. The van der Waals surface area contributed by atoms with Gasteiger partial charge in [0.25, 0.3) is 0 Å². The zero-order valence-electron chi connectivity index (χ0n) is 12.8. The highest BCUT2D eigenvalue weighted by Gasteiger charge is 2.23. The molecule has 1 heterocycles. The van der Waals surface area contributed by atoms with E-state index in [4.69, 9.17) is 0 Å². The Morgan fingerprint density at radius 1 is 1.09 bits per heavy atom. The number of carbonyl (C=O) groups is 1. The Labute approximate surface area is 147 Å². The standard InChI is InChI=1S/C18H20N2OS.ClH/c21-18(17-12-22-13-20-17)19-11-16(14-7-3-1-4-8-14)15-9-5-2-6-10-15;/h1-10,16-17,20H,11-13H2,(H,19,21);1H/t17-;/m1./s1. The third kappa shape index (κ3) is 4.74. The summed E-state index contributed by atoms with van der Waals surface area (Å²) >= 11 is 1.77. The van der Waals surface area contributed by atoms with Crippen molar-refractivity contribution in [2.75, 3.05) is 18.2 Å². The second kappa shape index (κ2) is 8.96. The van der Waals surface area contributed by atoms with Crippen LogP contribution in [0.1, 0.15) is 17.0 Å². The molecule has 2 N–H and O–H groups in total. The fourth-order valence-electron chi connectivity index (χ4n) is 2.69. The normalized spacial score (nSPS) is 16.8. The van der Waals surface area contributed by atoms with E-state index in [1.165, 1.54) is 11.1 Å². The van der Waals surface area contributed by atoms with E-state index in [1.54, 1.807) is 11.8 Å². The molecule has 1 fully saturated rings. The van der Waals surface area contributed by atoms with Gasteiger partial charge in [-0.3, -0.25) is 10.1 Å². The topological polar surface area (TPSA) is 41.1 Å². The lowest BCUT2D eigenvalue weighted by Crippen LogP contribution is -2.43. The molecule has 3 nitrogen and oxygen atoms in total. The first-order valence-electron chi connectivity index (χ1n) is 7.53. The Kier molecular flexibility index (Phi) is 6.96. The van der Waals surface area contributed by atoms with E-state index in [0.29, 0.717) is 6.54 Å². The van der Waals surface area contributed by atoms with E-state index in [-0.39, 0.29) is 30.3 Å². The lowest BCUT2D eigenvalue weighted by molar-refractivity contribution is -0.122. The average Bonchev–Trinajstić information content (AvgIpc) is 3.11. The van der Waals surface area contributed by atoms with E-state index in [0.717, 1.165) is 11.6 Å². The van der Waals surface area contributed by atoms with Crippen molar-refractivity contribution in [2.24, 2.45) is 0 Å². The zero-order valence-corrected chi connectivity index (χ0v) is 14.4. The average molecular weight is 349 g/mol. The molecule has 1 aliphatic heterocycles. The number of benzene rings is 2. The van der Waals surface area contributed by atoms with Gasteiger partial charge in [0.05, 0.1) is 6.04 Å². The van der Waals surface area contributed by atoms with Crippen molar-refractivity contribution in [2.45, 2.75) is 12.0 Å². The molecule has 0 aliphatic carbocycles. The summed E-state index contributed by atoms with van der Waals surface area (Å²) in [6.45, 7) is 0.621. The molecule has 5 heteroatoms. The quantitative estimate of drug-likeness (QED) is 0.872. The molecule has 1 aliphatic rings. The minimum Gasteiger partial charge on any atom is -0.354 e. The van der Waals surface area contributed by atoms with Crippen LogP contribution in [-0.4, -0.2) is 30.1 Å². The first kappa shape index (κ1) is 17.9. The number of carbonyl (C=O) groups excluding carboxylic acids is 1. The third-order valence-electron chi connectivity index (χ3n) is 3.92. The van der Waals surface area contributed by atoms with Crippen LogP contribution in [0.4, 0.5) is 0 Å². The van der Waals surface area contributed by atoms with Crippen LogP contribution in [0, 0.1) is 0 Å². The molecule has 1 saturated heterocycles. The fraction of sp³-hybridized carbons (Fsp3) is 0.278. The van der Waals surface area contributed by atoms with Gasteiger partial charge in [-0.15, -0.1) is 24.2 Å². The van der Waals surface area contributed by atoms with E-state index in [1.807, 2.05) is 36.4 Å². The van der Waals surface area contributed by atoms with Crippen molar-refractivity contribution in [3.05, 3.63) is 71.8 Å². The van der Waals surface area contributed by atoms with E-state index >= 15 is 0 Å². The molecule has 3 rings (SSSR count). The lowest BCUT2D eigenvalue weighted by atomic mass is 9.91. The van der Waals surface area contributed by atoms with Gasteiger partial charge in [-0.2, -0.15) is 0 Å². The SMILES string of the molecule is Cl.O=C(NCC(c1ccccc1)c1ccccc1)[C@H]1CSCN1. The molecule has 0 radical (unpaired) electrons. The third-order valence-corrected chi connectivity index (χ3v) is 4.86. The first-order chi connectivity index (χ1) is 10.8. The maximum Gasteiger partial charge on any atom is 0.238 e. The van der Waals surface area contributed by atoms with Crippen LogP contribution in [0.5, 0.6) is 0 Å². The number of rotatable bonds is 5. The Morgan fingerprint density at radius 3 is 2.13 bits per heavy atom. The number of thioether (sulfide) groups is 1. The van der Waals surface area contributed by atoms with Crippen LogP contribution in [0.15, 0.2) is 60.7 Å². The summed E-state index contributed by atoms with van der Waals surface area (Å²) in [5.41, 5.74) is 2.45. The van der Waals surface area contributed by atoms with Gasteiger partial charge in [0.2, 0.25) is 5.91 Å².